The lowest BCUT2D eigenvalue weighted by Gasteiger charge is -2.07. The SMILES string of the molecule is CCC(N)c1ccc(-c2ccccc2C(F)F)o1. The number of nitrogens with two attached hydrogens (primary N) is 1. The van der Waals surface area contributed by atoms with E-state index in [1.165, 1.54) is 6.07 Å². The van der Waals surface area contributed by atoms with E-state index in [-0.39, 0.29) is 11.6 Å². The molecule has 2 N–H and O–H groups in total. The predicted molar refractivity (Wildman–Crippen MR) is 66.3 cm³/mol. The summed E-state index contributed by atoms with van der Waals surface area (Å²) in [7, 11) is 0. The van der Waals surface area contributed by atoms with Crippen LogP contribution in [0.3, 0.4) is 0 Å². The van der Waals surface area contributed by atoms with Crippen LogP contribution < -0.4 is 5.73 Å². The van der Waals surface area contributed by atoms with E-state index in [4.69, 9.17) is 10.2 Å². The van der Waals surface area contributed by atoms with Gasteiger partial charge in [0.15, 0.2) is 0 Å². The second kappa shape index (κ2) is 5.31. The van der Waals surface area contributed by atoms with E-state index in [0.717, 1.165) is 6.42 Å². The maximum Gasteiger partial charge on any atom is 0.264 e. The summed E-state index contributed by atoms with van der Waals surface area (Å²) in [5, 5.41) is 0. The van der Waals surface area contributed by atoms with Crippen LogP contribution in [0.4, 0.5) is 8.78 Å². The van der Waals surface area contributed by atoms with Crippen molar-refractivity contribution in [2.75, 3.05) is 0 Å². The minimum atomic E-state index is -2.52. The van der Waals surface area contributed by atoms with Crippen molar-refractivity contribution in [2.45, 2.75) is 25.8 Å². The van der Waals surface area contributed by atoms with E-state index >= 15 is 0 Å². The van der Waals surface area contributed by atoms with Gasteiger partial charge in [-0.1, -0.05) is 31.2 Å². The largest absolute Gasteiger partial charge is 0.459 e. The zero-order valence-corrected chi connectivity index (χ0v) is 10.1. The fraction of sp³-hybridized carbons (Fsp3) is 0.286. The Balaban J connectivity index is 2.40. The van der Waals surface area contributed by atoms with E-state index in [1.807, 2.05) is 6.92 Å². The van der Waals surface area contributed by atoms with Gasteiger partial charge in [-0.3, -0.25) is 0 Å². The number of benzene rings is 1. The summed E-state index contributed by atoms with van der Waals surface area (Å²) in [5.41, 5.74) is 6.24. The van der Waals surface area contributed by atoms with Crippen molar-refractivity contribution >= 4 is 0 Å². The lowest BCUT2D eigenvalue weighted by molar-refractivity contribution is 0.152. The minimum absolute atomic E-state index is 0.0246. The molecular formula is C14H15F2NO. The van der Waals surface area contributed by atoms with Crippen molar-refractivity contribution < 1.29 is 13.2 Å². The van der Waals surface area contributed by atoms with Gasteiger partial charge in [0.1, 0.15) is 11.5 Å². The molecule has 0 amide bonds. The monoisotopic (exact) mass is 251 g/mol. The maximum atomic E-state index is 12.9. The first-order chi connectivity index (χ1) is 8.63. The third-order valence-corrected chi connectivity index (χ3v) is 2.89. The molecule has 0 fully saturated rings. The second-order valence-corrected chi connectivity index (χ2v) is 4.10. The summed E-state index contributed by atoms with van der Waals surface area (Å²) in [6, 6.07) is 9.56. The average Bonchev–Trinajstić information content (AvgIpc) is 2.87. The highest BCUT2D eigenvalue weighted by atomic mass is 19.3. The Hall–Kier alpha value is -1.68. The lowest BCUT2D eigenvalue weighted by Crippen LogP contribution is -2.06. The number of halogens is 2. The van der Waals surface area contributed by atoms with E-state index in [0.29, 0.717) is 17.1 Å². The van der Waals surface area contributed by atoms with Crippen LogP contribution in [0, 0.1) is 0 Å². The lowest BCUT2D eigenvalue weighted by atomic mass is 10.1. The van der Waals surface area contributed by atoms with Crippen molar-refractivity contribution in [3.63, 3.8) is 0 Å². The minimum Gasteiger partial charge on any atom is -0.459 e. The fourth-order valence-electron chi connectivity index (χ4n) is 1.81. The summed E-state index contributed by atoms with van der Waals surface area (Å²) in [4.78, 5) is 0. The smallest absolute Gasteiger partial charge is 0.264 e. The Bertz CT molecular complexity index is 522. The van der Waals surface area contributed by atoms with E-state index in [2.05, 4.69) is 0 Å². The highest BCUT2D eigenvalue weighted by Crippen LogP contribution is 2.33. The molecule has 1 heterocycles. The van der Waals surface area contributed by atoms with Gasteiger partial charge < -0.3 is 10.2 Å². The molecule has 0 aliphatic heterocycles. The molecule has 0 saturated heterocycles. The van der Waals surface area contributed by atoms with Gasteiger partial charge in [0.05, 0.1) is 6.04 Å². The number of furan rings is 1. The Kier molecular flexibility index (Phi) is 3.77. The zero-order chi connectivity index (χ0) is 13.1. The Morgan fingerprint density at radius 2 is 1.89 bits per heavy atom. The summed E-state index contributed by atoms with van der Waals surface area (Å²) in [6.45, 7) is 1.94. The van der Waals surface area contributed by atoms with Crippen molar-refractivity contribution in [3.8, 4) is 11.3 Å². The van der Waals surface area contributed by atoms with Gasteiger partial charge in [0.2, 0.25) is 0 Å². The molecule has 0 aliphatic rings. The first kappa shape index (κ1) is 12.8. The van der Waals surface area contributed by atoms with Crippen molar-refractivity contribution in [1.29, 1.82) is 0 Å². The molecule has 1 aromatic heterocycles. The van der Waals surface area contributed by atoms with Gasteiger partial charge in [0.25, 0.3) is 6.43 Å². The van der Waals surface area contributed by atoms with Gasteiger partial charge >= 0.3 is 0 Å². The highest BCUT2D eigenvalue weighted by molar-refractivity contribution is 5.62. The molecule has 0 radical (unpaired) electrons. The molecule has 4 heteroatoms. The average molecular weight is 251 g/mol. The van der Waals surface area contributed by atoms with Crippen LogP contribution in [0.5, 0.6) is 0 Å². The van der Waals surface area contributed by atoms with Crippen molar-refractivity contribution in [2.24, 2.45) is 5.73 Å². The molecule has 0 spiro atoms. The quantitative estimate of drug-likeness (QED) is 0.880. The van der Waals surface area contributed by atoms with Crippen LogP contribution in [-0.4, -0.2) is 0 Å². The molecule has 18 heavy (non-hydrogen) atoms. The van der Waals surface area contributed by atoms with Crippen molar-refractivity contribution in [3.05, 3.63) is 47.7 Å². The standard InChI is InChI=1S/C14H15F2NO/c1-2-11(17)13-8-7-12(18-13)9-5-3-4-6-10(9)14(15)16/h3-8,11,14H,2,17H2,1H3. The van der Waals surface area contributed by atoms with Crippen LogP contribution in [0.15, 0.2) is 40.8 Å². The van der Waals surface area contributed by atoms with E-state index < -0.39 is 6.43 Å². The normalized spacial score (nSPS) is 12.9. The topological polar surface area (TPSA) is 39.2 Å². The summed E-state index contributed by atoms with van der Waals surface area (Å²) in [6.07, 6.45) is -1.78. The fourth-order valence-corrected chi connectivity index (χ4v) is 1.81. The molecule has 1 aromatic carbocycles. The Labute approximate surface area is 104 Å². The van der Waals surface area contributed by atoms with Crippen molar-refractivity contribution in [1.82, 2.24) is 0 Å². The molecule has 0 bridgehead atoms. The van der Waals surface area contributed by atoms with Crippen LogP contribution in [-0.2, 0) is 0 Å². The number of rotatable bonds is 4. The first-order valence-corrected chi connectivity index (χ1v) is 5.86. The Morgan fingerprint density at radius 1 is 1.17 bits per heavy atom. The molecule has 2 nitrogen and oxygen atoms in total. The van der Waals surface area contributed by atoms with Crippen LogP contribution in [0.2, 0.25) is 0 Å². The molecule has 1 unspecified atom stereocenters. The third kappa shape index (κ3) is 2.43. The molecule has 0 saturated carbocycles. The maximum absolute atomic E-state index is 12.9. The highest BCUT2D eigenvalue weighted by Gasteiger charge is 2.17. The number of hydrogen-bond acceptors (Lipinski definition) is 2. The van der Waals surface area contributed by atoms with Gasteiger partial charge in [-0.05, 0) is 18.6 Å². The zero-order valence-electron chi connectivity index (χ0n) is 10.1. The summed E-state index contributed by atoms with van der Waals surface area (Å²) >= 11 is 0. The third-order valence-electron chi connectivity index (χ3n) is 2.89. The first-order valence-electron chi connectivity index (χ1n) is 5.86. The number of alkyl halides is 2. The molecule has 2 rings (SSSR count). The second-order valence-electron chi connectivity index (χ2n) is 4.10. The van der Waals surface area contributed by atoms with Gasteiger partial charge in [-0.25, -0.2) is 8.78 Å². The molecule has 96 valence electrons. The Morgan fingerprint density at radius 3 is 2.56 bits per heavy atom. The van der Waals surface area contributed by atoms with Crippen LogP contribution in [0.25, 0.3) is 11.3 Å². The predicted octanol–water partition coefficient (Wildman–Crippen LogP) is 4.29. The van der Waals surface area contributed by atoms with Gasteiger partial charge in [0, 0.05) is 11.1 Å². The summed E-state index contributed by atoms with van der Waals surface area (Å²) < 4.78 is 31.3. The van der Waals surface area contributed by atoms with Gasteiger partial charge in [-0.15, -0.1) is 0 Å². The van der Waals surface area contributed by atoms with E-state index in [1.54, 1.807) is 30.3 Å². The molecule has 1 atom stereocenters. The van der Waals surface area contributed by atoms with Crippen LogP contribution in [0.1, 0.15) is 37.1 Å². The summed E-state index contributed by atoms with van der Waals surface area (Å²) in [5.74, 6) is 1.06. The molecule has 0 aliphatic carbocycles. The number of hydrogen-bond donors (Lipinski definition) is 1. The molecule has 2 aromatic rings. The van der Waals surface area contributed by atoms with E-state index in [9.17, 15) is 8.78 Å². The van der Waals surface area contributed by atoms with Gasteiger partial charge in [-0.2, -0.15) is 0 Å². The molecular weight excluding hydrogens is 236 g/mol. The van der Waals surface area contributed by atoms with Crippen LogP contribution >= 0.6 is 0 Å².